The van der Waals surface area contributed by atoms with Crippen molar-refractivity contribution in [2.45, 2.75) is 83.0 Å². The summed E-state index contributed by atoms with van der Waals surface area (Å²) in [7, 11) is 1.39. The van der Waals surface area contributed by atoms with Crippen LogP contribution in [0, 0.1) is 11.8 Å². The average molecular weight is 372 g/mol. The zero-order chi connectivity index (χ0) is 18.9. The summed E-state index contributed by atoms with van der Waals surface area (Å²) in [6.07, 6.45) is -2.23. The molecule has 8 nitrogen and oxygen atoms in total. The van der Waals surface area contributed by atoms with Crippen molar-refractivity contribution in [1.82, 2.24) is 0 Å². The van der Waals surface area contributed by atoms with Crippen LogP contribution in [0.3, 0.4) is 0 Å². The summed E-state index contributed by atoms with van der Waals surface area (Å²) in [5.41, 5.74) is 0. The SMILES string of the molecule is COC(=O)C1C(C)C1O[C@@H]1[C@H]2OC(C)(C)O[C@H]2O[C@@H]1[C@H]1COC(C)(C)O1. The molecule has 0 spiro atoms. The molecule has 0 aromatic rings. The molecule has 8 heteroatoms. The first-order valence-electron chi connectivity index (χ1n) is 9.18. The number of carbonyl (C=O) groups excluding carboxylic acids is 1. The summed E-state index contributed by atoms with van der Waals surface area (Å²) in [6.45, 7) is 9.80. The van der Waals surface area contributed by atoms with Gasteiger partial charge in [-0.2, -0.15) is 0 Å². The largest absolute Gasteiger partial charge is 0.469 e. The van der Waals surface area contributed by atoms with E-state index in [0.717, 1.165) is 0 Å². The van der Waals surface area contributed by atoms with Gasteiger partial charge in [0.05, 0.1) is 25.7 Å². The van der Waals surface area contributed by atoms with Crippen LogP contribution >= 0.6 is 0 Å². The molecule has 0 aromatic carbocycles. The molecule has 4 rings (SSSR count). The molecule has 3 unspecified atom stereocenters. The molecule has 0 bridgehead atoms. The third kappa shape index (κ3) is 3.16. The summed E-state index contributed by atoms with van der Waals surface area (Å²) in [5.74, 6) is -1.83. The standard InChI is InChI=1S/C18H28O8/c1-8-10(15(19)20-6)11(8)22-13-12(9-7-21-17(2,3)24-9)23-16-14(13)25-18(4,5)26-16/h8-14,16H,7H2,1-6H3/t8?,9-,10?,11?,12-,13+,14-,16-/m1/s1. The fraction of sp³-hybridized carbons (Fsp3) is 0.944. The Morgan fingerprint density at radius 3 is 2.35 bits per heavy atom. The van der Waals surface area contributed by atoms with Crippen LogP contribution < -0.4 is 0 Å². The maximum atomic E-state index is 11.9. The van der Waals surface area contributed by atoms with E-state index in [1.165, 1.54) is 7.11 Å². The summed E-state index contributed by atoms with van der Waals surface area (Å²) >= 11 is 0. The molecule has 4 aliphatic rings. The lowest BCUT2D eigenvalue weighted by atomic mass is 10.1. The molecule has 26 heavy (non-hydrogen) atoms. The van der Waals surface area contributed by atoms with Gasteiger partial charge >= 0.3 is 5.97 Å². The van der Waals surface area contributed by atoms with Gasteiger partial charge in [-0.05, 0) is 33.6 Å². The topological polar surface area (TPSA) is 81.7 Å². The summed E-state index contributed by atoms with van der Waals surface area (Å²) in [4.78, 5) is 11.9. The van der Waals surface area contributed by atoms with Crippen molar-refractivity contribution in [3.05, 3.63) is 0 Å². The van der Waals surface area contributed by atoms with E-state index < -0.39 is 30.1 Å². The zero-order valence-corrected chi connectivity index (χ0v) is 16.1. The number of methoxy groups -OCH3 is 1. The van der Waals surface area contributed by atoms with Gasteiger partial charge in [-0.15, -0.1) is 0 Å². The van der Waals surface area contributed by atoms with Crippen LogP contribution in [-0.2, 0) is 38.0 Å². The summed E-state index contributed by atoms with van der Waals surface area (Å²) in [6, 6.07) is 0. The molecule has 0 radical (unpaired) electrons. The molecule has 3 saturated heterocycles. The van der Waals surface area contributed by atoms with E-state index in [4.69, 9.17) is 33.2 Å². The van der Waals surface area contributed by atoms with Crippen molar-refractivity contribution >= 4 is 5.97 Å². The van der Waals surface area contributed by atoms with Crippen molar-refractivity contribution in [3.8, 4) is 0 Å². The number of fused-ring (bicyclic) bond motifs is 1. The molecule has 3 aliphatic heterocycles. The quantitative estimate of drug-likeness (QED) is 0.681. The molecule has 8 atom stereocenters. The van der Waals surface area contributed by atoms with E-state index in [1.54, 1.807) is 0 Å². The molecule has 0 amide bonds. The number of hydrogen-bond acceptors (Lipinski definition) is 8. The Kier molecular flexibility index (Phi) is 4.37. The first kappa shape index (κ1) is 18.6. The second-order valence-electron chi connectivity index (χ2n) is 8.41. The van der Waals surface area contributed by atoms with E-state index in [2.05, 4.69) is 0 Å². The molecular weight excluding hydrogens is 344 g/mol. The Morgan fingerprint density at radius 2 is 1.73 bits per heavy atom. The molecular formula is C18H28O8. The van der Waals surface area contributed by atoms with Gasteiger partial charge in [0.25, 0.3) is 0 Å². The second-order valence-corrected chi connectivity index (χ2v) is 8.41. The van der Waals surface area contributed by atoms with Gasteiger partial charge in [0.1, 0.15) is 24.4 Å². The van der Waals surface area contributed by atoms with Gasteiger partial charge in [-0.25, -0.2) is 0 Å². The minimum absolute atomic E-state index is 0.0923. The third-order valence-corrected chi connectivity index (χ3v) is 5.51. The van der Waals surface area contributed by atoms with Gasteiger partial charge in [0.2, 0.25) is 0 Å². The Bertz CT molecular complexity index is 576. The van der Waals surface area contributed by atoms with Crippen LogP contribution in [0.2, 0.25) is 0 Å². The molecule has 1 aliphatic carbocycles. The fourth-order valence-electron chi connectivity index (χ4n) is 4.14. The average Bonchev–Trinajstić information content (AvgIpc) is 2.83. The van der Waals surface area contributed by atoms with Crippen molar-refractivity contribution in [2.24, 2.45) is 11.8 Å². The first-order chi connectivity index (χ1) is 12.1. The molecule has 4 fully saturated rings. The van der Waals surface area contributed by atoms with Gasteiger partial charge in [-0.1, -0.05) is 6.92 Å². The highest BCUT2D eigenvalue weighted by atomic mass is 16.8. The number of rotatable bonds is 4. The normalized spacial score (nSPS) is 48.4. The van der Waals surface area contributed by atoms with Gasteiger partial charge in [-0.3, -0.25) is 4.79 Å². The van der Waals surface area contributed by atoms with Gasteiger partial charge in [0, 0.05) is 0 Å². The number of hydrogen-bond donors (Lipinski definition) is 0. The molecule has 0 aromatic heterocycles. The lowest BCUT2D eigenvalue weighted by Crippen LogP contribution is -2.44. The van der Waals surface area contributed by atoms with Gasteiger partial charge in [0.15, 0.2) is 17.9 Å². The number of ether oxygens (including phenoxy) is 7. The van der Waals surface area contributed by atoms with E-state index >= 15 is 0 Å². The Hall–Kier alpha value is -0.770. The lowest BCUT2D eigenvalue weighted by molar-refractivity contribution is -0.237. The lowest BCUT2D eigenvalue weighted by Gasteiger charge is -2.29. The smallest absolute Gasteiger partial charge is 0.311 e. The Morgan fingerprint density at radius 1 is 1.00 bits per heavy atom. The maximum Gasteiger partial charge on any atom is 0.311 e. The van der Waals surface area contributed by atoms with Crippen LogP contribution in [0.15, 0.2) is 0 Å². The van der Waals surface area contributed by atoms with E-state index in [9.17, 15) is 4.79 Å². The first-order valence-corrected chi connectivity index (χ1v) is 9.18. The second kappa shape index (κ2) is 6.12. The summed E-state index contributed by atoms with van der Waals surface area (Å²) < 4.78 is 40.8. The van der Waals surface area contributed by atoms with Gasteiger partial charge < -0.3 is 33.2 Å². The third-order valence-electron chi connectivity index (χ3n) is 5.51. The van der Waals surface area contributed by atoms with Crippen LogP contribution in [0.25, 0.3) is 0 Å². The van der Waals surface area contributed by atoms with Crippen molar-refractivity contribution in [1.29, 1.82) is 0 Å². The molecule has 3 heterocycles. The fourth-order valence-corrected chi connectivity index (χ4v) is 4.14. The van der Waals surface area contributed by atoms with E-state index in [0.29, 0.717) is 6.61 Å². The molecule has 1 saturated carbocycles. The zero-order valence-electron chi connectivity index (χ0n) is 16.1. The highest BCUT2D eigenvalue weighted by molar-refractivity contribution is 5.76. The molecule has 0 N–H and O–H groups in total. The highest BCUT2D eigenvalue weighted by Gasteiger charge is 2.63. The van der Waals surface area contributed by atoms with E-state index in [1.807, 2.05) is 34.6 Å². The number of carbonyl (C=O) groups is 1. The predicted octanol–water partition coefficient (Wildman–Crippen LogP) is 1.21. The van der Waals surface area contributed by atoms with Crippen molar-refractivity contribution in [3.63, 3.8) is 0 Å². The van der Waals surface area contributed by atoms with Crippen molar-refractivity contribution < 1.29 is 38.0 Å². The summed E-state index contributed by atoms with van der Waals surface area (Å²) in [5, 5.41) is 0. The Labute approximate surface area is 153 Å². The van der Waals surface area contributed by atoms with Crippen LogP contribution in [0.4, 0.5) is 0 Å². The Balaban J connectivity index is 1.51. The molecule has 148 valence electrons. The minimum atomic E-state index is -0.745. The maximum absolute atomic E-state index is 11.9. The van der Waals surface area contributed by atoms with Crippen LogP contribution in [-0.4, -0.2) is 68.1 Å². The minimum Gasteiger partial charge on any atom is -0.469 e. The monoisotopic (exact) mass is 372 g/mol. The predicted molar refractivity (Wildman–Crippen MR) is 86.9 cm³/mol. The van der Waals surface area contributed by atoms with Crippen LogP contribution in [0.5, 0.6) is 0 Å². The van der Waals surface area contributed by atoms with E-state index in [-0.39, 0.29) is 36.1 Å². The van der Waals surface area contributed by atoms with Crippen molar-refractivity contribution in [2.75, 3.05) is 13.7 Å². The number of esters is 1. The van der Waals surface area contributed by atoms with Crippen LogP contribution in [0.1, 0.15) is 34.6 Å². The highest BCUT2D eigenvalue weighted by Crippen LogP contribution is 2.48.